The van der Waals surface area contributed by atoms with Gasteiger partial charge in [-0.15, -0.1) is 0 Å². The molecule has 0 aromatic carbocycles. The van der Waals surface area contributed by atoms with Crippen molar-refractivity contribution >= 4 is 5.78 Å². The van der Waals surface area contributed by atoms with E-state index in [1.165, 1.54) is 0 Å². The molecule has 0 aromatic heterocycles. The second-order valence-corrected chi connectivity index (χ2v) is 1.29. The van der Waals surface area contributed by atoms with E-state index in [9.17, 15) is 4.79 Å². The molecule has 0 aliphatic rings. The molecule has 0 unspecified atom stereocenters. The van der Waals surface area contributed by atoms with Gasteiger partial charge in [0, 0.05) is 7.79 Å². The predicted octanol–water partition coefficient (Wildman–Crippen LogP) is 5.19. The Morgan fingerprint density at radius 3 is 1.50 bits per heavy atom. The maximum Gasteiger partial charge on any atom is 0.129 e. The molecule has 0 bridgehead atoms. The molecule has 0 aliphatic carbocycles. The van der Waals surface area contributed by atoms with E-state index >= 15 is 0 Å². The normalized spacial score (nSPS) is 5.25. The first kappa shape index (κ1) is 41.3. The minimum atomic E-state index is -0.0478. The van der Waals surface area contributed by atoms with Gasteiger partial charge in [0.15, 0.2) is 0 Å². The zero-order valence-electron chi connectivity index (χ0n) is 5.03. The van der Waals surface area contributed by atoms with E-state index in [0.717, 1.165) is 6.42 Å². The van der Waals surface area contributed by atoms with Gasteiger partial charge in [0.2, 0.25) is 0 Å². The summed E-state index contributed by atoms with van der Waals surface area (Å²) in [4.78, 5) is 10.2. The quantitative estimate of drug-likeness (QED) is 0.575. The Kier molecular flexibility index (Phi) is 158. The molecule has 0 heterocycles. The molecule has 0 saturated heterocycles. The summed E-state index contributed by atoms with van der Waals surface area (Å²) in [6.45, 7) is 1.89. The average Bonchev–Trinajstić information content (AvgIpc) is 1.68. The highest BCUT2D eigenvalue weighted by atomic mass is 16.1. The zero-order chi connectivity index (χ0) is 5.70. The number of rotatable bonds is 2. The standard InChI is InChI=1S/C5H10O.6CH4/c1-3-4-5(2)6;;;;;;/h3-4H2,1-2H3;6*1H4/i2D;;;;;;. The number of hydrogen-bond acceptors (Lipinski definition) is 1. The van der Waals surface area contributed by atoms with Crippen molar-refractivity contribution in [1.82, 2.24) is 0 Å². The number of ketones is 1. The maximum atomic E-state index is 10.2. The van der Waals surface area contributed by atoms with Crippen molar-refractivity contribution in [3.8, 4) is 0 Å². The van der Waals surface area contributed by atoms with Crippen LogP contribution in [0.5, 0.6) is 0 Å². The summed E-state index contributed by atoms with van der Waals surface area (Å²) < 4.78 is 6.56. The molecule has 0 saturated carbocycles. The number of carbonyl (C=O) groups excluding carboxylic acids is 1. The SMILES string of the molecule is C.C.C.C.C.C.[2H]CC(=O)CCC. The van der Waals surface area contributed by atoms with Crippen LogP contribution in [-0.2, 0) is 4.79 Å². The summed E-state index contributed by atoms with van der Waals surface area (Å²) >= 11 is 0. The molecule has 0 N–H and O–H groups in total. The van der Waals surface area contributed by atoms with Crippen LogP contribution in [0.4, 0.5) is 0 Å². The highest BCUT2D eigenvalue weighted by Gasteiger charge is 1.83. The Hall–Kier alpha value is -0.330. The van der Waals surface area contributed by atoms with Crippen LogP contribution in [0.15, 0.2) is 0 Å². The molecule has 0 radical (unpaired) electrons. The fourth-order valence-corrected chi connectivity index (χ4v) is 0.279. The molecule has 0 aliphatic heterocycles. The first-order chi connectivity index (χ1) is 3.31. The van der Waals surface area contributed by atoms with Gasteiger partial charge in [-0.2, -0.15) is 0 Å². The van der Waals surface area contributed by atoms with Crippen molar-refractivity contribution in [3.05, 3.63) is 0 Å². The molecule has 0 atom stereocenters. The Morgan fingerprint density at radius 1 is 1.08 bits per heavy atom. The van der Waals surface area contributed by atoms with Crippen molar-refractivity contribution in [2.45, 2.75) is 71.2 Å². The highest BCUT2D eigenvalue weighted by molar-refractivity contribution is 5.75. The lowest BCUT2D eigenvalue weighted by atomic mass is 10.3. The Labute approximate surface area is 84.0 Å². The van der Waals surface area contributed by atoms with Crippen molar-refractivity contribution in [2.75, 3.05) is 0 Å². The summed E-state index contributed by atoms with van der Waals surface area (Å²) in [6.07, 6.45) is 1.45. The van der Waals surface area contributed by atoms with Gasteiger partial charge < -0.3 is 4.79 Å². The van der Waals surface area contributed by atoms with Crippen molar-refractivity contribution in [1.29, 1.82) is 0 Å². The molecule has 0 fully saturated rings. The summed E-state index contributed by atoms with van der Waals surface area (Å²) in [5.74, 6) is 0.0440. The van der Waals surface area contributed by atoms with Crippen LogP contribution < -0.4 is 0 Å². The molecule has 0 rings (SSSR count). The van der Waals surface area contributed by atoms with Crippen LogP contribution in [0.1, 0.15) is 72.6 Å². The van der Waals surface area contributed by atoms with Crippen molar-refractivity contribution < 1.29 is 6.17 Å². The molecular formula is C11H34O. The fourth-order valence-electron chi connectivity index (χ4n) is 0.279. The third-order valence-electron chi connectivity index (χ3n) is 0.529. The minimum absolute atomic E-state index is 0. The molecule has 0 amide bonds. The maximum absolute atomic E-state index is 10.2. The molecule has 0 aromatic rings. The number of carbonyl (C=O) groups is 1. The molecule has 12 heavy (non-hydrogen) atoms. The van der Waals surface area contributed by atoms with Gasteiger partial charge in [-0.3, -0.25) is 0 Å². The first-order valence-electron chi connectivity index (χ1n) is 2.83. The molecule has 84 valence electrons. The van der Waals surface area contributed by atoms with E-state index in [1.54, 1.807) is 0 Å². The average molecular weight is 183 g/mol. The Morgan fingerprint density at radius 2 is 1.42 bits per heavy atom. The predicted molar refractivity (Wildman–Crippen MR) is 66.0 cm³/mol. The van der Waals surface area contributed by atoms with Crippen LogP contribution in [0.2, 0.25) is 0 Å². The largest absolute Gasteiger partial charge is 0.300 e. The second-order valence-electron chi connectivity index (χ2n) is 1.29. The van der Waals surface area contributed by atoms with E-state index in [0.29, 0.717) is 6.42 Å². The molecular weight excluding hydrogens is 148 g/mol. The van der Waals surface area contributed by atoms with Gasteiger partial charge in [-0.1, -0.05) is 51.5 Å². The molecule has 0 spiro atoms. The van der Waals surface area contributed by atoms with Gasteiger partial charge in [0.1, 0.15) is 5.78 Å². The highest BCUT2D eigenvalue weighted by Crippen LogP contribution is 1.84. The van der Waals surface area contributed by atoms with Crippen LogP contribution in [0, 0.1) is 0 Å². The Bertz CT molecular complexity index is 63.1. The van der Waals surface area contributed by atoms with Gasteiger partial charge in [0.25, 0.3) is 0 Å². The summed E-state index contributed by atoms with van der Waals surface area (Å²) in [6, 6.07) is 0. The molecule has 1 nitrogen and oxygen atoms in total. The van der Waals surface area contributed by atoms with E-state index in [4.69, 9.17) is 1.37 Å². The number of Topliss-reactive ketones (excluding diaryl/α,β-unsaturated/α-hetero) is 1. The summed E-state index contributed by atoms with van der Waals surface area (Å²) in [5, 5.41) is 0. The van der Waals surface area contributed by atoms with E-state index in [1.807, 2.05) is 6.92 Å². The fraction of sp³-hybridized carbons (Fsp3) is 0.909. The molecule has 1 heteroatoms. The van der Waals surface area contributed by atoms with Gasteiger partial charge in [0.05, 0.1) is 0 Å². The van der Waals surface area contributed by atoms with Gasteiger partial charge in [-0.05, 0) is 13.3 Å². The van der Waals surface area contributed by atoms with E-state index in [2.05, 4.69) is 0 Å². The van der Waals surface area contributed by atoms with Crippen LogP contribution in [-0.4, -0.2) is 5.78 Å². The first-order valence-corrected chi connectivity index (χ1v) is 2.12. The summed E-state index contributed by atoms with van der Waals surface area (Å²) in [7, 11) is 0. The van der Waals surface area contributed by atoms with Crippen molar-refractivity contribution in [3.63, 3.8) is 0 Å². The van der Waals surface area contributed by atoms with E-state index in [-0.39, 0.29) is 57.2 Å². The van der Waals surface area contributed by atoms with Gasteiger partial charge in [-0.25, -0.2) is 0 Å². The summed E-state index contributed by atoms with van der Waals surface area (Å²) in [5.41, 5.74) is 0. The van der Waals surface area contributed by atoms with Crippen molar-refractivity contribution in [2.24, 2.45) is 0 Å². The lowest BCUT2D eigenvalue weighted by Crippen LogP contribution is -1.84. The van der Waals surface area contributed by atoms with Crippen LogP contribution in [0.3, 0.4) is 0 Å². The lowest BCUT2D eigenvalue weighted by Gasteiger charge is -1.80. The van der Waals surface area contributed by atoms with Gasteiger partial charge >= 0.3 is 0 Å². The Balaban J connectivity index is -0.0000000120. The van der Waals surface area contributed by atoms with E-state index < -0.39 is 0 Å². The second kappa shape index (κ2) is 45.7. The topological polar surface area (TPSA) is 17.1 Å². The zero-order valence-corrected chi connectivity index (χ0v) is 4.03. The minimum Gasteiger partial charge on any atom is -0.300 e. The third kappa shape index (κ3) is 102. The lowest BCUT2D eigenvalue weighted by molar-refractivity contribution is -0.117. The van der Waals surface area contributed by atoms with Crippen LogP contribution >= 0.6 is 0 Å². The number of hydrogen-bond donors (Lipinski definition) is 0. The monoisotopic (exact) mass is 183 g/mol. The smallest absolute Gasteiger partial charge is 0.129 e. The third-order valence-corrected chi connectivity index (χ3v) is 0.529. The van der Waals surface area contributed by atoms with Crippen LogP contribution in [0.25, 0.3) is 0 Å².